The second kappa shape index (κ2) is 7.06. The van der Waals surface area contributed by atoms with Crippen LogP contribution in [0.25, 0.3) is 0 Å². The van der Waals surface area contributed by atoms with Gasteiger partial charge in [-0.25, -0.2) is 0 Å². The Morgan fingerprint density at radius 1 is 1.58 bits per heavy atom. The summed E-state index contributed by atoms with van der Waals surface area (Å²) < 4.78 is 0. The van der Waals surface area contributed by atoms with E-state index in [1.807, 2.05) is 0 Å². The maximum atomic E-state index is 10.9. The summed E-state index contributed by atoms with van der Waals surface area (Å²) in [6, 6.07) is -0.772. The number of aliphatic hydroxyl groups is 1. The molecule has 0 unspecified atom stereocenters. The van der Waals surface area contributed by atoms with Crippen molar-refractivity contribution < 1.29 is 9.90 Å². The van der Waals surface area contributed by atoms with E-state index in [9.17, 15) is 4.79 Å². The van der Waals surface area contributed by atoms with E-state index in [0.717, 1.165) is 19.3 Å². The molecule has 12 heavy (non-hydrogen) atoms. The lowest BCUT2D eigenvalue weighted by Crippen LogP contribution is -2.43. The van der Waals surface area contributed by atoms with Crippen molar-refractivity contribution in [1.82, 2.24) is 5.32 Å². The number of nitrogens with two attached hydrogens (primary N) is 1. The van der Waals surface area contributed by atoms with Gasteiger partial charge >= 0.3 is 0 Å². The van der Waals surface area contributed by atoms with Crippen LogP contribution in [0.2, 0.25) is 0 Å². The number of hydrogen-bond donors (Lipinski definition) is 3. The van der Waals surface area contributed by atoms with E-state index >= 15 is 0 Å². The molecule has 0 aliphatic carbocycles. The van der Waals surface area contributed by atoms with Gasteiger partial charge in [-0.1, -0.05) is 19.8 Å². The third kappa shape index (κ3) is 5.09. The number of unbranched alkanes of at least 4 members (excludes halogenated alkanes) is 2. The van der Waals surface area contributed by atoms with Gasteiger partial charge in [0.15, 0.2) is 0 Å². The van der Waals surface area contributed by atoms with Crippen LogP contribution in [0.5, 0.6) is 0 Å². The van der Waals surface area contributed by atoms with E-state index in [1.165, 1.54) is 0 Å². The summed E-state index contributed by atoms with van der Waals surface area (Å²) in [5.74, 6) is -0.270. The van der Waals surface area contributed by atoms with Crippen molar-refractivity contribution in [2.24, 2.45) is 5.73 Å². The summed E-state index contributed by atoms with van der Waals surface area (Å²) in [5, 5.41) is 11.2. The number of nitrogens with one attached hydrogen (secondary N) is 1. The SMILES string of the molecule is CCCCCNC(=O)[C@@H](N)CO. The molecular weight excluding hydrogens is 156 g/mol. The molecule has 72 valence electrons. The highest BCUT2D eigenvalue weighted by Crippen LogP contribution is 1.91. The summed E-state index contributed by atoms with van der Waals surface area (Å²) in [6.45, 7) is 2.46. The van der Waals surface area contributed by atoms with Crippen LogP contribution in [0.3, 0.4) is 0 Å². The highest BCUT2D eigenvalue weighted by Gasteiger charge is 2.09. The quantitative estimate of drug-likeness (QED) is 0.480. The van der Waals surface area contributed by atoms with E-state index < -0.39 is 6.04 Å². The Bertz CT molecular complexity index is 128. The van der Waals surface area contributed by atoms with Crippen LogP contribution in [0.15, 0.2) is 0 Å². The Labute approximate surface area is 73.1 Å². The van der Waals surface area contributed by atoms with Gasteiger partial charge in [0, 0.05) is 6.54 Å². The zero-order valence-corrected chi connectivity index (χ0v) is 7.55. The first-order valence-electron chi connectivity index (χ1n) is 4.36. The minimum absolute atomic E-state index is 0.270. The molecule has 4 nitrogen and oxygen atoms in total. The van der Waals surface area contributed by atoms with E-state index in [4.69, 9.17) is 10.8 Å². The van der Waals surface area contributed by atoms with Crippen LogP contribution in [-0.2, 0) is 4.79 Å². The molecule has 0 aliphatic rings. The zero-order valence-electron chi connectivity index (χ0n) is 7.55. The van der Waals surface area contributed by atoms with Crippen LogP contribution in [0, 0.1) is 0 Å². The standard InChI is InChI=1S/C8H18N2O2/c1-2-3-4-5-10-8(12)7(9)6-11/h7,11H,2-6,9H2,1H3,(H,10,12)/t7-/m0/s1. The molecule has 0 aromatic heterocycles. The van der Waals surface area contributed by atoms with Crippen molar-refractivity contribution in [2.45, 2.75) is 32.2 Å². The van der Waals surface area contributed by atoms with Crippen LogP contribution < -0.4 is 11.1 Å². The Morgan fingerprint density at radius 3 is 2.75 bits per heavy atom. The minimum atomic E-state index is -0.772. The molecule has 0 aliphatic heterocycles. The number of carbonyl (C=O) groups is 1. The Kier molecular flexibility index (Phi) is 6.70. The molecule has 0 bridgehead atoms. The number of carbonyl (C=O) groups excluding carboxylic acids is 1. The first-order valence-corrected chi connectivity index (χ1v) is 4.36. The summed E-state index contributed by atoms with van der Waals surface area (Å²) >= 11 is 0. The number of rotatable bonds is 6. The molecule has 4 N–H and O–H groups in total. The molecule has 0 aromatic carbocycles. The summed E-state index contributed by atoms with van der Waals surface area (Å²) in [4.78, 5) is 10.9. The molecule has 0 radical (unpaired) electrons. The van der Waals surface area contributed by atoms with Gasteiger partial charge in [-0.2, -0.15) is 0 Å². The highest BCUT2D eigenvalue weighted by atomic mass is 16.3. The fourth-order valence-corrected chi connectivity index (χ4v) is 0.801. The first-order chi connectivity index (χ1) is 5.72. The van der Waals surface area contributed by atoms with Crippen LogP contribution >= 0.6 is 0 Å². The van der Waals surface area contributed by atoms with Crippen molar-refractivity contribution in [2.75, 3.05) is 13.2 Å². The first kappa shape index (κ1) is 11.4. The van der Waals surface area contributed by atoms with Crippen molar-refractivity contribution in [1.29, 1.82) is 0 Å². The molecule has 0 saturated carbocycles. The number of amides is 1. The monoisotopic (exact) mass is 174 g/mol. The summed E-state index contributed by atoms with van der Waals surface area (Å²) in [7, 11) is 0. The predicted molar refractivity (Wildman–Crippen MR) is 47.6 cm³/mol. The van der Waals surface area contributed by atoms with Gasteiger partial charge in [0.25, 0.3) is 0 Å². The van der Waals surface area contributed by atoms with Gasteiger partial charge in [0.1, 0.15) is 6.04 Å². The normalized spacial score (nSPS) is 12.6. The van der Waals surface area contributed by atoms with E-state index in [1.54, 1.807) is 0 Å². The van der Waals surface area contributed by atoms with Gasteiger partial charge < -0.3 is 16.2 Å². The van der Waals surface area contributed by atoms with Gasteiger partial charge in [0.2, 0.25) is 5.91 Å². The fraction of sp³-hybridized carbons (Fsp3) is 0.875. The molecular formula is C8H18N2O2. The third-order valence-electron chi connectivity index (χ3n) is 1.61. The van der Waals surface area contributed by atoms with E-state index in [-0.39, 0.29) is 12.5 Å². The Hall–Kier alpha value is -0.610. The number of hydrogen-bond acceptors (Lipinski definition) is 3. The maximum absolute atomic E-state index is 10.9. The average Bonchev–Trinajstić information content (AvgIpc) is 2.10. The van der Waals surface area contributed by atoms with Gasteiger partial charge in [-0.05, 0) is 6.42 Å². The topological polar surface area (TPSA) is 75.4 Å². The molecule has 0 heterocycles. The minimum Gasteiger partial charge on any atom is -0.394 e. The van der Waals surface area contributed by atoms with Crippen LogP contribution in [-0.4, -0.2) is 30.2 Å². The smallest absolute Gasteiger partial charge is 0.239 e. The molecule has 0 spiro atoms. The maximum Gasteiger partial charge on any atom is 0.239 e. The number of aliphatic hydroxyl groups excluding tert-OH is 1. The average molecular weight is 174 g/mol. The van der Waals surface area contributed by atoms with Gasteiger partial charge in [-0.15, -0.1) is 0 Å². The van der Waals surface area contributed by atoms with Gasteiger partial charge in [-0.3, -0.25) is 4.79 Å². The second-order valence-electron chi connectivity index (χ2n) is 2.79. The lowest BCUT2D eigenvalue weighted by atomic mass is 10.2. The predicted octanol–water partition coefficient (Wildman–Crippen LogP) is -0.388. The lowest BCUT2D eigenvalue weighted by Gasteiger charge is -2.08. The van der Waals surface area contributed by atoms with Crippen LogP contribution in [0.4, 0.5) is 0 Å². The fourth-order valence-electron chi connectivity index (χ4n) is 0.801. The van der Waals surface area contributed by atoms with E-state index in [2.05, 4.69) is 12.2 Å². The largest absolute Gasteiger partial charge is 0.394 e. The lowest BCUT2D eigenvalue weighted by molar-refractivity contribution is -0.123. The second-order valence-corrected chi connectivity index (χ2v) is 2.79. The molecule has 4 heteroatoms. The van der Waals surface area contributed by atoms with Crippen LogP contribution in [0.1, 0.15) is 26.2 Å². The third-order valence-corrected chi connectivity index (χ3v) is 1.61. The zero-order chi connectivity index (χ0) is 9.40. The highest BCUT2D eigenvalue weighted by molar-refractivity contribution is 5.81. The Balaban J connectivity index is 3.31. The van der Waals surface area contributed by atoms with Crippen molar-refractivity contribution in [3.05, 3.63) is 0 Å². The molecule has 1 amide bonds. The molecule has 0 aromatic rings. The van der Waals surface area contributed by atoms with Crippen molar-refractivity contribution >= 4 is 5.91 Å². The molecule has 0 saturated heterocycles. The molecule has 1 atom stereocenters. The van der Waals surface area contributed by atoms with Crippen molar-refractivity contribution in [3.63, 3.8) is 0 Å². The Morgan fingerprint density at radius 2 is 2.25 bits per heavy atom. The van der Waals surface area contributed by atoms with E-state index in [0.29, 0.717) is 6.54 Å². The van der Waals surface area contributed by atoms with Gasteiger partial charge in [0.05, 0.1) is 6.61 Å². The summed E-state index contributed by atoms with van der Waals surface area (Å²) in [5.41, 5.74) is 5.27. The molecule has 0 fully saturated rings. The van der Waals surface area contributed by atoms with Crippen molar-refractivity contribution in [3.8, 4) is 0 Å². The summed E-state index contributed by atoms with van der Waals surface area (Å²) in [6.07, 6.45) is 3.21. The molecule has 0 rings (SSSR count).